The van der Waals surface area contributed by atoms with E-state index < -0.39 is 0 Å². The minimum Gasteiger partial charge on any atom is -0.336 e. The fraction of sp³-hybridized carbons (Fsp3) is 0.500. The lowest BCUT2D eigenvalue weighted by Gasteiger charge is -2.38. The summed E-state index contributed by atoms with van der Waals surface area (Å²) in [6.07, 6.45) is 4.86. The number of hydrogen-bond donors (Lipinski definition) is 1. The van der Waals surface area contributed by atoms with Crippen molar-refractivity contribution in [1.29, 1.82) is 0 Å². The van der Waals surface area contributed by atoms with Gasteiger partial charge in [0.05, 0.1) is 23.3 Å². The summed E-state index contributed by atoms with van der Waals surface area (Å²) in [6, 6.07) is 5.23. The minimum atomic E-state index is -0.363. The summed E-state index contributed by atoms with van der Waals surface area (Å²) in [4.78, 5) is 26.8. The zero-order valence-corrected chi connectivity index (χ0v) is 14.9. The van der Waals surface area contributed by atoms with Crippen LogP contribution in [-0.2, 0) is 16.6 Å². The fourth-order valence-electron chi connectivity index (χ4n) is 3.62. The molecule has 2 aromatic rings. The Morgan fingerprint density at radius 2 is 1.96 bits per heavy atom. The summed E-state index contributed by atoms with van der Waals surface area (Å²) < 4.78 is 1.71. The molecule has 2 atom stereocenters. The molecule has 0 radical (unpaired) electrons. The van der Waals surface area contributed by atoms with E-state index in [1.807, 2.05) is 19.2 Å². The van der Waals surface area contributed by atoms with Crippen molar-refractivity contribution in [2.45, 2.75) is 37.6 Å². The van der Waals surface area contributed by atoms with Crippen LogP contribution in [0.1, 0.15) is 49.0 Å². The number of hydrogen-bond acceptors (Lipinski definition) is 5. The van der Waals surface area contributed by atoms with Crippen molar-refractivity contribution < 1.29 is 9.59 Å². The first-order valence-corrected chi connectivity index (χ1v) is 8.92. The highest BCUT2D eigenvalue weighted by Crippen LogP contribution is 2.39. The molecule has 2 fully saturated rings. The standard InChI is InChI=1S/C18H22N6O2/c1-23-16(25)8-5-12(17(23)14-9-10-19-24(14)2)18(26)20-15-7-6-13(21-22-15)11-3-4-11/h6-7,9-12,17H,3-5,8H2,1-2H3,(H,20,22,26)/t12-,17-/m0/s1. The van der Waals surface area contributed by atoms with E-state index >= 15 is 0 Å². The Hall–Kier alpha value is -2.77. The van der Waals surface area contributed by atoms with Crippen LogP contribution in [0, 0.1) is 5.92 Å². The van der Waals surface area contributed by atoms with Crippen LogP contribution in [0.4, 0.5) is 5.82 Å². The van der Waals surface area contributed by atoms with Crippen LogP contribution in [0.25, 0.3) is 0 Å². The summed E-state index contributed by atoms with van der Waals surface area (Å²) in [6.45, 7) is 0. The van der Waals surface area contributed by atoms with E-state index in [-0.39, 0.29) is 23.8 Å². The molecule has 4 rings (SSSR count). The molecule has 0 unspecified atom stereocenters. The van der Waals surface area contributed by atoms with E-state index in [0.29, 0.717) is 24.6 Å². The molecule has 0 spiro atoms. The summed E-state index contributed by atoms with van der Waals surface area (Å²) in [5.41, 5.74) is 1.83. The molecule has 1 aliphatic carbocycles. The largest absolute Gasteiger partial charge is 0.336 e. The van der Waals surface area contributed by atoms with Gasteiger partial charge in [-0.3, -0.25) is 14.3 Å². The summed E-state index contributed by atoms with van der Waals surface area (Å²) in [5, 5.41) is 15.4. The number of aryl methyl sites for hydroxylation is 1. The van der Waals surface area contributed by atoms with Gasteiger partial charge in [0.1, 0.15) is 0 Å². The van der Waals surface area contributed by atoms with Crippen molar-refractivity contribution in [2.24, 2.45) is 13.0 Å². The van der Waals surface area contributed by atoms with Crippen LogP contribution >= 0.6 is 0 Å². The second kappa shape index (κ2) is 6.51. The molecule has 2 aromatic heterocycles. The minimum absolute atomic E-state index is 0.0360. The van der Waals surface area contributed by atoms with E-state index in [1.165, 1.54) is 0 Å². The predicted molar refractivity (Wildman–Crippen MR) is 94.1 cm³/mol. The van der Waals surface area contributed by atoms with E-state index in [4.69, 9.17) is 0 Å². The fourth-order valence-corrected chi connectivity index (χ4v) is 3.62. The number of anilines is 1. The van der Waals surface area contributed by atoms with Gasteiger partial charge in [0.2, 0.25) is 11.8 Å². The van der Waals surface area contributed by atoms with Gasteiger partial charge in [0, 0.05) is 32.6 Å². The number of rotatable bonds is 4. The van der Waals surface area contributed by atoms with Crippen LogP contribution < -0.4 is 5.32 Å². The summed E-state index contributed by atoms with van der Waals surface area (Å²) >= 11 is 0. The molecular formula is C18H22N6O2. The van der Waals surface area contributed by atoms with E-state index in [0.717, 1.165) is 24.2 Å². The molecule has 8 nitrogen and oxygen atoms in total. The van der Waals surface area contributed by atoms with Gasteiger partial charge < -0.3 is 10.2 Å². The van der Waals surface area contributed by atoms with E-state index in [2.05, 4.69) is 20.6 Å². The molecule has 0 aromatic carbocycles. The Labute approximate surface area is 151 Å². The molecule has 1 aliphatic heterocycles. The van der Waals surface area contributed by atoms with Gasteiger partial charge in [-0.25, -0.2) is 0 Å². The molecular weight excluding hydrogens is 332 g/mol. The van der Waals surface area contributed by atoms with E-state index in [9.17, 15) is 9.59 Å². The number of piperidine rings is 1. The number of carbonyl (C=O) groups is 2. The van der Waals surface area contributed by atoms with Gasteiger partial charge in [0.15, 0.2) is 5.82 Å². The van der Waals surface area contributed by atoms with Crippen molar-refractivity contribution in [2.75, 3.05) is 12.4 Å². The monoisotopic (exact) mass is 354 g/mol. The van der Waals surface area contributed by atoms with Gasteiger partial charge in [-0.05, 0) is 37.5 Å². The number of nitrogens with one attached hydrogen (secondary N) is 1. The lowest BCUT2D eigenvalue weighted by molar-refractivity contribution is -0.140. The molecule has 2 amide bonds. The number of nitrogens with zero attached hydrogens (tertiary/aromatic N) is 5. The van der Waals surface area contributed by atoms with Gasteiger partial charge >= 0.3 is 0 Å². The lowest BCUT2D eigenvalue weighted by Crippen LogP contribution is -2.45. The highest BCUT2D eigenvalue weighted by molar-refractivity contribution is 5.93. The van der Waals surface area contributed by atoms with Gasteiger partial charge in [-0.2, -0.15) is 10.2 Å². The molecule has 2 aliphatic rings. The molecule has 1 N–H and O–H groups in total. The maximum absolute atomic E-state index is 12.9. The highest BCUT2D eigenvalue weighted by atomic mass is 16.2. The molecule has 136 valence electrons. The van der Waals surface area contributed by atoms with Crippen molar-refractivity contribution in [1.82, 2.24) is 24.9 Å². The average molecular weight is 354 g/mol. The summed E-state index contributed by atoms with van der Waals surface area (Å²) in [5.74, 6) is 0.498. The Kier molecular flexibility index (Phi) is 4.18. The molecule has 1 saturated carbocycles. The zero-order valence-electron chi connectivity index (χ0n) is 14.9. The lowest BCUT2D eigenvalue weighted by atomic mass is 9.86. The second-order valence-corrected chi connectivity index (χ2v) is 7.08. The summed E-state index contributed by atoms with van der Waals surface area (Å²) in [7, 11) is 3.56. The Balaban J connectivity index is 1.54. The second-order valence-electron chi connectivity index (χ2n) is 7.08. The highest BCUT2D eigenvalue weighted by Gasteiger charge is 2.40. The normalized spacial score (nSPS) is 23.2. The topological polar surface area (TPSA) is 93.0 Å². The third kappa shape index (κ3) is 3.07. The maximum atomic E-state index is 12.9. The number of aromatic nitrogens is 4. The van der Waals surface area contributed by atoms with Crippen LogP contribution in [0.3, 0.4) is 0 Å². The van der Waals surface area contributed by atoms with Crippen LogP contribution in [0.2, 0.25) is 0 Å². The van der Waals surface area contributed by atoms with Gasteiger partial charge in [0.25, 0.3) is 0 Å². The predicted octanol–water partition coefficient (Wildman–Crippen LogP) is 1.64. The molecule has 1 saturated heterocycles. The van der Waals surface area contributed by atoms with E-state index in [1.54, 1.807) is 28.9 Å². The maximum Gasteiger partial charge on any atom is 0.231 e. The Bertz CT molecular complexity index is 826. The number of amides is 2. The Morgan fingerprint density at radius 1 is 1.15 bits per heavy atom. The van der Waals surface area contributed by atoms with Crippen LogP contribution in [0.5, 0.6) is 0 Å². The third-order valence-electron chi connectivity index (χ3n) is 5.29. The smallest absolute Gasteiger partial charge is 0.231 e. The van der Waals surface area contributed by atoms with Crippen LogP contribution in [0.15, 0.2) is 24.4 Å². The average Bonchev–Trinajstić information content (AvgIpc) is 3.40. The van der Waals surface area contributed by atoms with Crippen LogP contribution in [-0.4, -0.2) is 43.7 Å². The molecule has 26 heavy (non-hydrogen) atoms. The molecule has 0 bridgehead atoms. The number of carbonyl (C=O) groups excluding carboxylic acids is 2. The van der Waals surface area contributed by atoms with Gasteiger partial charge in [-0.15, -0.1) is 5.10 Å². The number of likely N-dealkylation sites (tertiary alicyclic amines) is 1. The third-order valence-corrected chi connectivity index (χ3v) is 5.29. The SMILES string of the molecule is CN1C(=O)CC[C@H](C(=O)Nc2ccc(C3CC3)nn2)[C@H]1c1ccnn1C. The van der Waals surface area contributed by atoms with Crippen molar-refractivity contribution in [3.63, 3.8) is 0 Å². The van der Waals surface area contributed by atoms with Crippen molar-refractivity contribution in [3.8, 4) is 0 Å². The first-order chi connectivity index (χ1) is 12.5. The van der Waals surface area contributed by atoms with Crippen molar-refractivity contribution in [3.05, 3.63) is 35.8 Å². The first kappa shape index (κ1) is 16.7. The quantitative estimate of drug-likeness (QED) is 0.901. The first-order valence-electron chi connectivity index (χ1n) is 8.92. The van der Waals surface area contributed by atoms with Crippen molar-refractivity contribution >= 4 is 17.6 Å². The molecule has 3 heterocycles. The Morgan fingerprint density at radius 3 is 2.58 bits per heavy atom. The molecule has 8 heteroatoms. The zero-order chi connectivity index (χ0) is 18.3. The van der Waals surface area contributed by atoms with Gasteiger partial charge in [-0.1, -0.05) is 0 Å².